The van der Waals surface area contributed by atoms with Crippen LogP contribution in [0.3, 0.4) is 0 Å². The Morgan fingerprint density at radius 1 is 0.875 bits per heavy atom. The number of benzene rings is 2. The van der Waals surface area contributed by atoms with Gasteiger partial charge in [0.1, 0.15) is 12.4 Å². The summed E-state index contributed by atoms with van der Waals surface area (Å²) >= 11 is 0. The molecule has 3 rings (SSSR count). The molecule has 0 N–H and O–H groups in total. The van der Waals surface area contributed by atoms with Crippen molar-refractivity contribution in [3.8, 4) is 5.75 Å². The molecule has 1 aliphatic rings. The molecule has 24 heavy (non-hydrogen) atoms. The first-order valence-electron chi connectivity index (χ1n) is 8.82. The van der Waals surface area contributed by atoms with Crippen LogP contribution in [-0.2, 0) is 6.61 Å². The van der Waals surface area contributed by atoms with Gasteiger partial charge in [0, 0.05) is 0 Å². The molecule has 0 heterocycles. The summed E-state index contributed by atoms with van der Waals surface area (Å²) in [5, 5.41) is 0. The summed E-state index contributed by atoms with van der Waals surface area (Å²) in [5.74, 6) is 0.928. The molecule has 0 spiro atoms. The summed E-state index contributed by atoms with van der Waals surface area (Å²) in [5.41, 5.74) is 4.60. The standard InChI is InChI=1S/C23H28O/c1-22(2)14-20(15-23(3,4)17-22)19-10-12-21(13-11-19)24-16-18-8-6-5-7-9-18/h5-14H,15-17H2,1-4H3. The first-order valence-corrected chi connectivity index (χ1v) is 8.82. The van der Waals surface area contributed by atoms with E-state index in [4.69, 9.17) is 4.74 Å². The Kier molecular flexibility index (Phi) is 4.54. The van der Waals surface area contributed by atoms with Crippen molar-refractivity contribution in [2.45, 2.75) is 47.1 Å². The van der Waals surface area contributed by atoms with Crippen molar-refractivity contribution in [1.29, 1.82) is 0 Å². The van der Waals surface area contributed by atoms with Crippen molar-refractivity contribution in [1.82, 2.24) is 0 Å². The summed E-state index contributed by atoms with van der Waals surface area (Å²) in [6, 6.07) is 18.9. The highest BCUT2D eigenvalue weighted by Crippen LogP contribution is 2.47. The number of allylic oxidation sites excluding steroid dienone is 2. The molecule has 0 atom stereocenters. The molecule has 2 aromatic carbocycles. The predicted octanol–water partition coefficient (Wildman–Crippen LogP) is 6.50. The second-order valence-corrected chi connectivity index (χ2v) is 8.47. The molecule has 0 amide bonds. The van der Waals surface area contributed by atoms with Gasteiger partial charge < -0.3 is 4.74 Å². The minimum absolute atomic E-state index is 0.263. The zero-order chi connectivity index (χ0) is 17.2. The zero-order valence-corrected chi connectivity index (χ0v) is 15.3. The van der Waals surface area contributed by atoms with Gasteiger partial charge in [-0.15, -0.1) is 0 Å². The van der Waals surface area contributed by atoms with Crippen molar-refractivity contribution in [2.75, 3.05) is 0 Å². The van der Waals surface area contributed by atoms with E-state index < -0.39 is 0 Å². The highest BCUT2D eigenvalue weighted by molar-refractivity contribution is 5.68. The molecule has 1 nitrogen and oxygen atoms in total. The van der Waals surface area contributed by atoms with Crippen molar-refractivity contribution in [3.05, 3.63) is 71.8 Å². The van der Waals surface area contributed by atoms with Crippen LogP contribution in [0.15, 0.2) is 60.7 Å². The van der Waals surface area contributed by atoms with E-state index >= 15 is 0 Å². The van der Waals surface area contributed by atoms with Gasteiger partial charge in [-0.1, -0.05) is 76.2 Å². The van der Waals surface area contributed by atoms with Crippen LogP contribution >= 0.6 is 0 Å². The summed E-state index contributed by atoms with van der Waals surface area (Å²) in [4.78, 5) is 0. The fourth-order valence-electron chi connectivity index (χ4n) is 4.08. The minimum Gasteiger partial charge on any atom is -0.489 e. The smallest absolute Gasteiger partial charge is 0.119 e. The Hall–Kier alpha value is -2.02. The molecule has 2 aromatic rings. The number of ether oxygens (including phenoxy) is 1. The molecule has 0 bridgehead atoms. The van der Waals surface area contributed by atoms with E-state index in [1.807, 2.05) is 18.2 Å². The third-order valence-electron chi connectivity index (χ3n) is 4.64. The van der Waals surface area contributed by atoms with Gasteiger partial charge in [0.05, 0.1) is 0 Å². The van der Waals surface area contributed by atoms with Crippen LogP contribution in [0.2, 0.25) is 0 Å². The Bertz CT molecular complexity index is 705. The van der Waals surface area contributed by atoms with Crippen molar-refractivity contribution < 1.29 is 4.74 Å². The molecule has 0 radical (unpaired) electrons. The number of hydrogen-bond donors (Lipinski definition) is 0. The highest BCUT2D eigenvalue weighted by Gasteiger charge is 2.33. The van der Waals surface area contributed by atoms with E-state index in [-0.39, 0.29) is 5.41 Å². The fourth-order valence-corrected chi connectivity index (χ4v) is 4.08. The predicted molar refractivity (Wildman–Crippen MR) is 102 cm³/mol. The molecule has 0 aliphatic heterocycles. The van der Waals surface area contributed by atoms with Gasteiger partial charge in [0.2, 0.25) is 0 Å². The number of rotatable bonds is 4. The zero-order valence-electron chi connectivity index (χ0n) is 15.3. The molecule has 0 saturated heterocycles. The van der Waals surface area contributed by atoms with Gasteiger partial charge in [0.15, 0.2) is 0 Å². The number of hydrogen-bond acceptors (Lipinski definition) is 1. The third kappa shape index (κ3) is 4.29. The summed E-state index contributed by atoms with van der Waals surface area (Å²) in [6.07, 6.45) is 4.83. The summed E-state index contributed by atoms with van der Waals surface area (Å²) < 4.78 is 5.90. The largest absolute Gasteiger partial charge is 0.489 e. The van der Waals surface area contributed by atoms with E-state index in [0.717, 1.165) is 12.2 Å². The average Bonchev–Trinajstić information content (AvgIpc) is 2.51. The lowest BCUT2D eigenvalue weighted by Crippen LogP contribution is -2.26. The molecule has 126 valence electrons. The van der Waals surface area contributed by atoms with Gasteiger partial charge in [-0.2, -0.15) is 0 Å². The van der Waals surface area contributed by atoms with E-state index in [9.17, 15) is 0 Å². The SMILES string of the molecule is CC1(C)C=C(c2ccc(OCc3ccccc3)cc2)CC(C)(C)C1. The highest BCUT2D eigenvalue weighted by atomic mass is 16.5. The van der Waals surface area contributed by atoms with E-state index in [1.165, 1.54) is 23.1 Å². The minimum atomic E-state index is 0.263. The van der Waals surface area contributed by atoms with E-state index in [2.05, 4.69) is 70.2 Å². The van der Waals surface area contributed by atoms with E-state index in [1.54, 1.807) is 0 Å². The molecule has 0 saturated carbocycles. The van der Waals surface area contributed by atoms with Gasteiger partial charge in [-0.05, 0) is 52.5 Å². The lowest BCUT2D eigenvalue weighted by molar-refractivity contribution is 0.229. The maximum Gasteiger partial charge on any atom is 0.119 e. The Morgan fingerprint density at radius 2 is 1.54 bits per heavy atom. The second kappa shape index (κ2) is 6.47. The molecule has 0 aromatic heterocycles. The Morgan fingerprint density at radius 3 is 2.17 bits per heavy atom. The van der Waals surface area contributed by atoms with Crippen LogP contribution in [0.5, 0.6) is 5.75 Å². The molecular formula is C23H28O. The average molecular weight is 320 g/mol. The first kappa shape index (κ1) is 16.8. The van der Waals surface area contributed by atoms with Gasteiger partial charge in [-0.3, -0.25) is 0 Å². The molecular weight excluding hydrogens is 292 g/mol. The monoisotopic (exact) mass is 320 g/mol. The Labute approximate surface area is 146 Å². The second-order valence-electron chi connectivity index (χ2n) is 8.47. The normalized spacial score (nSPS) is 18.8. The van der Waals surface area contributed by atoms with Gasteiger partial charge in [-0.25, -0.2) is 0 Å². The van der Waals surface area contributed by atoms with Gasteiger partial charge in [0.25, 0.3) is 0 Å². The molecule has 0 fully saturated rings. The van der Waals surface area contributed by atoms with Crippen molar-refractivity contribution in [2.24, 2.45) is 10.8 Å². The fraction of sp³-hybridized carbons (Fsp3) is 0.391. The van der Waals surface area contributed by atoms with Crippen molar-refractivity contribution in [3.63, 3.8) is 0 Å². The maximum atomic E-state index is 5.90. The van der Waals surface area contributed by atoms with Crippen LogP contribution in [0, 0.1) is 10.8 Å². The van der Waals surface area contributed by atoms with Crippen LogP contribution < -0.4 is 4.74 Å². The first-order chi connectivity index (χ1) is 11.3. The van der Waals surface area contributed by atoms with Crippen LogP contribution in [0.25, 0.3) is 5.57 Å². The van der Waals surface area contributed by atoms with E-state index in [0.29, 0.717) is 12.0 Å². The molecule has 1 heteroatoms. The van der Waals surface area contributed by atoms with Crippen LogP contribution in [-0.4, -0.2) is 0 Å². The quantitative estimate of drug-likeness (QED) is 0.625. The maximum absolute atomic E-state index is 5.90. The van der Waals surface area contributed by atoms with Crippen molar-refractivity contribution >= 4 is 5.57 Å². The lowest BCUT2D eigenvalue weighted by Gasteiger charge is -2.39. The Balaban J connectivity index is 1.71. The van der Waals surface area contributed by atoms with Crippen LogP contribution in [0.4, 0.5) is 0 Å². The third-order valence-corrected chi connectivity index (χ3v) is 4.64. The topological polar surface area (TPSA) is 9.23 Å². The summed E-state index contributed by atoms with van der Waals surface area (Å²) in [7, 11) is 0. The lowest BCUT2D eigenvalue weighted by atomic mass is 9.66. The molecule has 0 unspecified atom stereocenters. The van der Waals surface area contributed by atoms with Crippen LogP contribution in [0.1, 0.15) is 51.7 Å². The van der Waals surface area contributed by atoms with Gasteiger partial charge >= 0.3 is 0 Å². The molecule has 1 aliphatic carbocycles. The summed E-state index contributed by atoms with van der Waals surface area (Å²) in [6.45, 7) is 10.0.